The Balaban J connectivity index is 1.79. The van der Waals surface area contributed by atoms with Gasteiger partial charge in [-0.05, 0) is 30.4 Å². The van der Waals surface area contributed by atoms with Gasteiger partial charge in [-0.3, -0.25) is 4.68 Å². The number of fused-ring (bicyclic) bond motifs is 1. The van der Waals surface area contributed by atoms with Crippen LogP contribution in [0.5, 0.6) is 0 Å². The smallest absolute Gasteiger partial charge is 0.254 e. The lowest BCUT2D eigenvalue weighted by Crippen LogP contribution is -2.38. The molecule has 0 radical (unpaired) electrons. The van der Waals surface area contributed by atoms with Gasteiger partial charge in [0.1, 0.15) is 6.33 Å². The molecule has 0 unspecified atom stereocenters. The molecule has 4 rings (SSSR count). The van der Waals surface area contributed by atoms with E-state index < -0.39 is 58.8 Å². The van der Waals surface area contributed by atoms with Gasteiger partial charge < -0.3 is 0 Å². The number of alkyl halides is 2. The highest BCUT2D eigenvalue weighted by molar-refractivity contribution is 7.89. The maximum Gasteiger partial charge on any atom is 0.264 e. The van der Waals surface area contributed by atoms with Crippen LogP contribution in [0.3, 0.4) is 0 Å². The third-order valence-electron chi connectivity index (χ3n) is 4.20. The maximum absolute atomic E-state index is 13.7. The van der Waals surface area contributed by atoms with Crippen LogP contribution in [0.4, 0.5) is 8.78 Å². The van der Waals surface area contributed by atoms with Crippen LogP contribution < -0.4 is 0 Å². The molecular weight excluding hydrogens is 380 g/mol. The summed E-state index contributed by atoms with van der Waals surface area (Å²) in [5.41, 5.74) is -0.285. The van der Waals surface area contributed by atoms with Crippen molar-refractivity contribution >= 4 is 15.7 Å². The first-order valence-corrected chi connectivity index (χ1v) is 9.30. The number of aromatic nitrogens is 6. The van der Waals surface area contributed by atoms with Crippen LogP contribution in [0.25, 0.3) is 5.65 Å². The summed E-state index contributed by atoms with van der Waals surface area (Å²) in [5.74, 6) is -1.05. The number of hydrogen-bond acceptors (Lipinski definition) is 6. The van der Waals surface area contributed by atoms with Crippen LogP contribution in [0.2, 0.25) is 0 Å². The van der Waals surface area contributed by atoms with Gasteiger partial charge in [0.05, 0.1) is 6.20 Å². The molecule has 1 aliphatic heterocycles. The molecule has 1 saturated heterocycles. The minimum Gasteiger partial charge on any atom is -0.254 e. The highest BCUT2D eigenvalue weighted by Gasteiger charge is 2.33. The normalized spacial score (nSPS) is 23.1. The summed E-state index contributed by atoms with van der Waals surface area (Å²) in [4.78, 5) is 3.85. The Morgan fingerprint density at radius 1 is 1.30 bits per heavy atom. The molecule has 3 aromatic heterocycles. The molecule has 0 N–H and O–H groups in total. The summed E-state index contributed by atoms with van der Waals surface area (Å²) in [6, 6.07) is 1.11. The maximum atomic E-state index is 13.7. The van der Waals surface area contributed by atoms with Crippen LogP contribution in [0.15, 0.2) is 29.8 Å². The predicted octanol–water partition coefficient (Wildman–Crippen LogP) is 1.36. The Kier molecular flexibility index (Phi) is 3.34. The number of rotatable bonds is 4. The van der Waals surface area contributed by atoms with Crippen molar-refractivity contribution in [3.05, 3.63) is 35.9 Å². The molecule has 0 spiro atoms. The summed E-state index contributed by atoms with van der Waals surface area (Å²) < 4.78 is 89.2. The van der Waals surface area contributed by atoms with Crippen molar-refractivity contribution in [3.63, 3.8) is 0 Å². The molecule has 1 aliphatic rings. The fourth-order valence-electron chi connectivity index (χ4n) is 2.86. The van der Waals surface area contributed by atoms with E-state index in [1.165, 1.54) is 24.1 Å². The molecule has 0 aliphatic carbocycles. The van der Waals surface area contributed by atoms with Crippen LogP contribution in [-0.4, -0.2) is 55.3 Å². The molecule has 0 saturated carbocycles. The molecule has 4 heterocycles. The molecule has 144 valence electrons. The highest BCUT2D eigenvalue weighted by atomic mass is 32.2. The van der Waals surface area contributed by atoms with Crippen LogP contribution in [0, 0.1) is 0 Å². The summed E-state index contributed by atoms with van der Waals surface area (Å²) in [7, 11) is -3.29. The van der Waals surface area contributed by atoms with E-state index in [0.717, 1.165) is 16.9 Å². The lowest BCUT2D eigenvalue weighted by molar-refractivity contribution is 0.148. The minimum absolute atomic E-state index is 0.0164. The van der Waals surface area contributed by atoms with Crippen molar-refractivity contribution in [3.8, 4) is 0 Å². The van der Waals surface area contributed by atoms with Crippen molar-refractivity contribution in [2.75, 3.05) is 13.0 Å². The van der Waals surface area contributed by atoms with Gasteiger partial charge in [-0.25, -0.2) is 26.7 Å². The number of sulfonamides is 1. The van der Waals surface area contributed by atoms with Gasteiger partial charge in [0.15, 0.2) is 5.65 Å². The third-order valence-corrected chi connectivity index (χ3v) is 5.66. The number of hydrogen-bond donors (Lipinski definition) is 0. The zero-order chi connectivity index (χ0) is 22.8. The number of nitrogens with zero attached hydrogens (tertiary/aromatic N) is 7. The Labute approximate surface area is 159 Å². The van der Waals surface area contributed by atoms with Crippen LogP contribution >= 0.6 is 0 Å². The van der Waals surface area contributed by atoms with Crippen molar-refractivity contribution in [1.82, 2.24) is 33.9 Å². The molecule has 0 bridgehead atoms. The number of aryl methyl sites for hydroxylation is 1. The first kappa shape index (κ1) is 13.7. The molecule has 27 heavy (non-hydrogen) atoms. The van der Waals surface area contributed by atoms with E-state index in [1.54, 1.807) is 0 Å². The van der Waals surface area contributed by atoms with E-state index in [9.17, 15) is 17.2 Å². The van der Waals surface area contributed by atoms with Crippen LogP contribution in [-0.2, 0) is 17.1 Å². The fourth-order valence-corrected chi connectivity index (χ4v) is 3.96. The van der Waals surface area contributed by atoms with E-state index in [0.29, 0.717) is 0 Å². The minimum atomic E-state index is -4.70. The van der Waals surface area contributed by atoms with Gasteiger partial charge in [-0.1, -0.05) is 5.21 Å². The Morgan fingerprint density at radius 2 is 2.04 bits per heavy atom. The third kappa shape index (κ3) is 3.18. The molecule has 12 heteroatoms. The zero-order valence-electron chi connectivity index (χ0n) is 18.0. The summed E-state index contributed by atoms with van der Waals surface area (Å²) in [6.07, 6.45) is -0.565. The predicted molar refractivity (Wildman–Crippen MR) is 89.7 cm³/mol. The van der Waals surface area contributed by atoms with Crippen molar-refractivity contribution < 1.29 is 22.7 Å². The molecule has 1 fully saturated rings. The molecular formula is C15H17F2N7O2S. The zero-order valence-corrected chi connectivity index (χ0v) is 14.8. The van der Waals surface area contributed by atoms with Crippen molar-refractivity contribution in [1.29, 1.82) is 0 Å². The first-order chi connectivity index (χ1) is 14.3. The molecule has 0 aromatic carbocycles. The standard InChI is InChI=1S/C15H17F2N7O2S/c1-22-8-14(20-21-22)27(25,26)23-4-2-10(3-5-23)12-7-24-13(18-9-19-24)6-11(12)15(16)17/h6-10,15H,2-5H2,1H3/i4D2,5D2. The SMILES string of the molecule is [2H]C1([2H])CC(c2cn3ncnc3cc2C(F)F)CC([2H])([2H])N1S(=O)(=O)c1cn(C)nn1. The van der Waals surface area contributed by atoms with E-state index in [1.807, 2.05) is 0 Å². The number of piperidine rings is 1. The lowest BCUT2D eigenvalue weighted by atomic mass is 9.88. The van der Waals surface area contributed by atoms with Gasteiger partial charge >= 0.3 is 0 Å². The van der Waals surface area contributed by atoms with E-state index in [2.05, 4.69) is 20.4 Å². The van der Waals surface area contributed by atoms with Crippen molar-refractivity contribution in [2.45, 2.75) is 30.2 Å². The van der Waals surface area contributed by atoms with Crippen LogP contribution in [0.1, 0.15) is 41.8 Å². The van der Waals surface area contributed by atoms with E-state index in [4.69, 9.17) is 5.48 Å². The molecule has 0 atom stereocenters. The number of pyridine rings is 1. The summed E-state index contributed by atoms with van der Waals surface area (Å²) in [6.45, 7) is -5.47. The number of halogens is 2. The molecule has 3 aromatic rings. The van der Waals surface area contributed by atoms with E-state index in [-0.39, 0.29) is 15.5 Å². The van der Waals surface area contributed by atoms with Gasteiger partial charge in [0, 0.05) is 37.3 Å². The second kappa shape index (κ2) is 6.60. The Hall–Kier alpha value is -2.47. The van der Waals surface area contributed by atoms with Gasteiger partial charge in [0.25, 0.3) is 16.4 Å². The average Bonchev–Trinajstić information content (AvgIpc) is 3.26. The summed E-state index contributed by atoms with van der Waals surface area (Å²) in [5, 5.41) is 10.3. The molecule has 0 amide bonds. The topological polar surface area (TPSA) is 98.3 Å². The van der Waals surface area contributed by atoms with Gasteiger partial charge in [0.2, 0.25) is 5.03 Å². The van der Waals surface area contributed by atoms with E-state index >= 15 is 0 Å². The second-order valence-electron chi connectivity index (χ2n) is 5.97. The quantitative estimate of drug-likeness (QED) is 0.655. The summed E-state index contributed by atoms with van der Waals surface area (Å²) >= 11 is 0. The Bertz CT molecular complexity index is 1230. The molecule has 9 nitrogen and oxygen atoms in total. The second-order valence-corrected chi connectivity index (χ2v) is 7.70. The highest BCUT2D eigenvalue weighted by Crippen LogP contribution is 2.36. The monoisotopic (exact) mass is 401 g/mol. The van der Waals surface area contributed by atoms with Gasteiger partial charge in [-0.2, -0.15) is 9.40 Å². The van der Waals surface area contributed by atoms with Gasteiger partial charge in [-0.15, -0.1) is 5.10 Å². The largest absolute Gasteiger partial charge is 0.264 e. The fraction of sp³-hybridized carbons (Fsp3) is 0.467. The average molecular weight is 401 g/mol. The lowest BCUT2D eigenvalue weighted by Gasteiger charge is -2.31. The first-order valence-electron chi connectivity index (χ1n) is 9.86. The Morgan fingerprint density at radius 3 is 2.67 bits per heavy atom. The van der Waals surface area contributed by atoms with Crippen molar-refractivity contribution in [2.24, 2.45) is 7.05 Å².